The zero-order valence-electron chi connectivity index (χ0n) is 12.2. The van der Waals surface area contributed by atoms with Crippen LogP contribution in [0.25, 0.3) is 0 Å². The minimum absolute atomic E-state index is 0.0508. The molecule has 108 valence electrons. The molecule has 3 unspecified atom stereocenters. The van der Waals surface area contributed by atoms with Crippen molar-refractivity contribution in [2.45, 2.75) is 31.6 Å². The lowest BCUT2D eigenvalue weighted by Gasteiger charge is -2.36. The first kappa shape index (κ1) is 13.9. The van der Waals surface area contributed by atoms with Gasteiger partial charge in [0.25, 0.3) is 0 Å². The van der Waals surface area contributed by atoms with Crippen LogP contribution in [0.5, 0.6) is 0 Å². The highest BCUT2D eigenvalue weighted by molar-refractivity contribution is 5.71. The van der Waals surface area contributed by atoms with Gasteiger partial charge < -0.3 is 5.11 Å². The van der Waals surface area contributed by atoms with Crippen LogP contribution in [-0.4, -0.2) is 11.1 Å². The van der Waals surface area contributed by atoms with Crippen molar-refractivity contribution in [1.29, 1.82) is 0 Å². The van der Waals surface area contributed by atoms with Gasteiger partial charge in [-0.3, -0.25) is 4.79 Å². The smallest absolute Gasteiger partial charge is 0.306 e. The van der Waals surface area contributed by atoms with E-state index in [9.17, 15) is 9.90 Å². The molecular weight excluding hydrogens is 260 g/mol. The number of carbonyl (C=O) groups is 1. The molecule has 2 aromatic carbocycles. The predicted molar refractivity (Wildman–Crippen MR) is 83.5 cm³/mol. The molecule has 0 fully saturated rings. The molecular formula is C19H20O2. The Kier molecular flexibility index (Phi) is 3.78. The van der Waals surface area contributed by atoms with Crippen molar-refractivity contribution in [2.24, 2.45) is 5.92 Å². The molecule has 0 radical (unpaired) electrons. The summed E-state index contributed by atoms with van der Waals surface area (Å²) in [6, 6.07) is 18.7. The molecule has 1 N–H and O–H groups in total. The van der Waals surface area contributed by atoms with E-state index in [0.29, 0.717) is 0 Å². The largest absolute Gasteiger partial charge is 0.481 e. The Labute approximate surface area is 125 Å². The summed E-state index contributed by atoms with van der Waals surface area (Å²) in [6.07, 6.45) is 2.04. The third-order valence-corrected chi connectivity index (χ3v) is 4.73. The van der Waals surface area contributed by atoms with E-state index < -0.39 is 5.97 Å². The van der Waals surface area contributed by atoms with Crippen molar-refractivity contribution in [3.05, 3.63) is 71.3 Å². The van der Waals surface area contributed by atoms with Crippen molar-refractivity contribution in [3.8, 4) is 0 Å². The van der Waals surface area contributed by atoms with Gasteiger partial charge in [0.15, 0.2) is 0 Å². The number of fused-ring (bicyclic) bond motifs is 1. The molecule has 1 aliphatic carbocycles. The van der Waals surface area contributed by atoms with Crippen LogP contribution in [0.15, 0.2) is 54.6 Å². The van der Waals surface area contributed by atoms with Gasteiger partial charge in [-0.15, -0.1) is 0 Å². The molecule has 2 aromatic rings. The quantitative estimate of drug-likeness (QED) is 0.914. The molecule has 2 heteroatoms. The standard InChI is InChI=1S/C19H20O2/c1-13(19(20)21)18-16-10-6-5-9-15(16)11-12-17(18)14-7-3-2-4-8-14/h2-10,13,17-18H,11-12H2,1H3,(H,20,21). The second kappa shape index (κ2) is 5.72. The molecule has 0 amide bonds. The highest BCUT2D eigenvalue weighted by atomic mass is 16.4. The summed E-state index contributed by atoms with van der Waals surface area (Å²) in [4.78, 5) is 11.6. The molecule has 0 bridgehead atoms. The normalized spacial score (nSPS) is 22.3. The molecule has 3 atom stereocenters. The maximum Gasteiger partial charge on any atom is 0.306 e. The van der Waals surface area contributed by atoms with Crippen molar-refractivity contribution in [3.63, 3.8) is 0 Å². The molecule has 2 nitrogen and oxygen atoms in total. The Morgan fingerprint density at radius 1 is 1.10 bits per heavy atom. The van der Waals surface area contributed by atoms with Gasteiger partial charge in [0.2, 0.25) is 0 Å². The molecule has 0 heterocycles. The third kappa shape index (κ3) is 2.58. The zero-order chi connectivity index (χ0) is 14.8. The van der Waals surface area contributed by atoms with Crippen LogP contribution < -0.4 is 0 Å². The lowest BCUT2D eigenvalue weighted by atomic mass is 9.67. The highest BCUT2D eigenvalue weighted by Crippen LogP contribution is 2.46. The Balaban J connectivity index is 2.07. The van der Waals surface area contributed by atoms with Crippen LogP contribution in [0.2, 0.25) is 0 Å². The van der Waals surface area contributed by atoms with Crippen molar-refractivity contribution in [1.82, 2.24) is 0 Å². The van der Waals surface area contributed by atoms with Crippen molar-refractivity contribution < 1.29 is 9.90 Å². The summed E-state index contributed by atoms with van der Waals surface area (Å²) < 4.78 is 0. The van der Waals surface area contributed by atoms with E-state index in [1.54, 1.807) is 0 Å². The number of carboxylic acids is 1. The third-order valence-electron chi connectivity index (χ3n) is 4.73. The lowest BCUT2D eigenvalue weighted by Crippen LogP contribution is -2.28. The van der Waals surface area contributed by atoms with Gasteiger partial charge in [-0.05, 0) is 35.4 Å². The number of aryl methyl sites for hydroxylation is 1. The fourth-order valence-corrected chi connectivity index (χ4v) is 3.64. The molecule has 3 rings (SSSR count). The van der Waals surface area contributed by atoms with E-state index in [4.69, 9.17) is 0 Å². The SMILES string of the molecule is CC(C(=O)O)C1c2ccccc2CCC1c1ccccc1. The number of rotatable bonds is 3. The molecule has 0 saturated carbocycles. The van der Waals surface area contributed by atoms with Crippen LogP contribution in [0, 0.1) is 5.92 Å². The van der Waals surface area contributed by atoms with Gasteiger partial charge in [0.05, 0.1) is 5.92 Å². The first-order valence-electron chi connectivity index (χ1n) is 7.54. The molecule has 0 spiro atoms. The highest BCUT2D eigenvalue weighted by Gasteiger charge is 2.36. The van der Waals surface area contributed by atoms with Gasteiger partial charge in [0, 0.05) is 5.92 Å². The Morgan fingerprint density at radius 2 is 1.76 bits per heavy atom. The number of aliphatic carboxylic acids is 1. The average Bonchev–Trinajstić information content (AvgIpc) is 2.53. The van der Waals surface area contributed by atoms with Gasteiger partial charge >= 0.3 is 5.97 Å². The van der Waals surface area contributed by atoms with Gasteiger partial charge in [0.1, 0.15) is 0 Å². The maximum atomic E-state index is 11.6. The van der Waals surface area contributed by atoms with E-state index in [-0.39, 0.29) is 17.8 Å². The first-order valence-corrected chi connectivity index (χ1v) is 7.54. The second-order valence-electron chi connectivity index (χ2n) is 5.91. The molecule has 0 aliphatic heterocycles. The molecule has 21 heavy (non-hydrogen) atoms. The fraction of sp³-hybridized carbons (Fsp3) is 0.316. The molecule has 0 saturated heterocycles. The zero-order valence-corrected chi connectivity index (χ0v) is 12.2. The number of benzene rings is 2. The number of hydrogen-bond donors (Lipinski definition) is 1. The maximum absolute atomic E-state index is 11.6. The summed E-state index contributed by atoms with van der Waals surface area (Å²) in [7, 11) is 0. The summed E-state index contributed by atoms with van der Waals surface area (Å²) in [5.74, 6) is -0.753. The Morgan fingerprint density at radius 3 is 2.48 bits per heavy atom. The summed E-state index contributed by atoms with van der Waals surface area (Å²) in [5, 5.41) is 9.52. The Hall–Kier alpha value is -2.09. The number of carboxylic acid groups (broad SMARTS) is 1. The van der Waals surface area contributed by atoms with Crippen molar-refractivity contribution >= 4 is 5.97 Å². The summed E-state index contributed by atoms with van der Waals surface area (Å²) in [5.41, 5.74) is 3.78. The molecule has 1 aliphatic rings. The van der Waals surface area contributed by atoms with Gasteiger partial charge in [-0.25, -0.2) is 0 Å². The lowest BCUT2D eigenvalue weighted by molar-refractivity contribution is -0.142. The van der Waals surface area contributed by atoms with E-state index in [1.807, 2.05) is 37.3 Å². The van der Waals surface area contributed by atoms with E-state index in [2.05, 4.69) is 24.3 Å². The fourth-order valence-electron chi connectivity index (χ4n) is 3.64. The van der Waals surface area contributed by atoms with E-state index in [1.165, 1.54) is 16.7 Å². The topological polar surface area (TPSA) is 37.3 Å². The minimum Gasteiger partial charge on any atom is -0.481 e. The first-order chi connectivity index (χ1) is 10.2. The van der Waals surface area contributed by atoms with Crippen LogP contribution in [0.1, 0.15) is 41.9 Å². The van der Waals surface area contributed by atoms with E-state index in [0.717, 1.165) is 12.8 Å². The van der Waals surface area contributed by atoms with Crippen LogP contribution in [-0.2, 0) is 11.2 Å². The molecule has 0 aromatic heterocycles. The van der Waals surface area contributed by atoms with Gasteiger partial charge in [-0.1, -0.05) is 61.5 Å². The van der Waals surface area contributed by atoms with Crippen LogP contribution >= 0.6 is 0 Å². The van der Waals surface area contributed by atoms with E-state index >= 15 is 0 Å². The minimum atomic E-state index is -0.711. The Bertz CT molecular complexity index is 633. The summed E-state index contributed by atoms with van der Waals surface area (Å²) >= 11 is 0. The van der Waals surface area contributed by atoms with Crippen LogP contribution in [0.4, 0.5) is 0 Å². The van der Waals surface area contributed by atoms with Crippen LogP contribution in [0.3, 0.4) is 0 Å². The monoisotopic (exact) mass is 280 g/mol. The average molecular weight is 280 g/mol. The summed E-state index contributed by atoms with van der Waals surface area (Å²) in [6.45, 7) is 1.84. The van der Waals surface area contributed by atoms with Gasteiger partial charge in [-0.2, -0.15) is 0 Å². The second-order valence-corrected chi connectivity index (χ2v) is 5.91. The predicted octanol–water partition coefficient (Wildman–Crippen LogP) is 4.22. The number of hydrogen-bond acceptors (Lipinski definition) is 1. The van der Waals surface area contributed by atoms with Crippen molar-refractivity contribution in [2.75, 3.05) is 0 Å².